The van der Waals surface area contributed by atoms with Crippen molar-refractivity contribution >= 4 is 0 Å². The molecule has 0 amide bonds. The molecule has 2 aliphatic carbocycles. The molecule has 1 heteroatoms. The Morgan fingerprint density at radius 2 is 1.06 bits per heavy atom. The molecular weight excluding hydrogens is 220 g/mol. The lowest BCUT2D eigenvalue weighted by atomic mass is 9.55. The third-order valence-corrected chi connectivity index (χ3v) is 6.26. The molecule has 0 unspecified atom stereocenters. The summed E-state index contributed by atoms with van der Waals surface area (Å²) in [5.74, 6) is 2.08. The van der Waals surface area contributed by atoms with Crippen LogP contribution in [0.5, 0.6) is 0 Å². The molecule has 3 aliphatic rings. The first-order chi connectivity index (χ1) is 8.92. The van der Waals surface area contributed by atoms with Crippen LogP contribution in [0.4, 0.5) is 0 Å². The van der Waals surface area contributed by atoms with Crippen LogP contribution >= 0.6 is 0 Å². The molecule has 0 atom stereocenters. The molecule has 18 heavy (non-hydrogen) atoms. The number of hydrogen-bond acceptors (Lipinski definition) is 1. The highest BCUT2D eigenvalue weighted by Crippen LogP contribution is 2.54. The van der Waals surface area contributed by atoms with Gasteiger partial charge in [0.05, 0.1) is 0 Å². The summed E-state index contributed by atoms with van der Waals surface area (Å²) in [6.07, 6.45) is 17.8. The van der Waals surface area contributed by atoms with Crippen molar-refractivity contribution in [2.75, 3.05) is 13.2 Å². The number of rotatable bonds is 2. The molecule has 104 valence electrons. The van der Waals surface area contributed by atoms with E-state index in [2.05, 4.69) is 0 Å². The Balaban J connectivity index is 1.77. The van der Waals surface area contributed by atoms with Gasteiger partial charge in [-0.2, -0.15) is 0 Å². The smallest absolute Gasteiger partial charge is 0.0471 e. The first-order valence-electron chi connectivity index (χ1n) is 8.49. The Labute approximate surface area is 113 Å². The number of hydrogen-bond donors (Lipinski definition) is 0. The van der Waals surface area contributed by atoms with E-state index in [0.29, 0.717) is 5.41 Å². The van der Waals surface area contributed by atoms with E-state index in [1.807, 2.05) is 0 Å². The Morgan fingerprint density at radius 1 is 0.611 bits per heavy atom. The van der Waals surface area contributed by atoms with Gasteiger partial charge in [-0.05, 0) is 55.8 Å². The summed E-state index contributed by atoms with van der Waals surface area (Å²) in [5, 5.41) is 0. The lowest BCUT2D eigenvalue weighted by Crippen LogP contribution is -2.44. The molecule has 0 N–H and O–H groups in total. The van der Waals surface area contributed by atoms with E-state index in [0.717, 1.165) is 25.0 Å². The maximum atomic E-state index is 5.71. The molecule has 3 fully saturated rings. The molecule has 1 heterocycles. The Kier molecular flexibility index (Phi) is 4.28. The van der Waals surface area contributed by atoms with Gasteiger partial charge in [0, 0.05) is 13.2 Å². The molecule has 1 saturated heterocycles. The van der Waals surface area contributed by atoms with Gasteiger partial charge in [-0.1, -0.05) is 38.5 Å². The number of ether oxygens (including phenoxy) is 1. The summed E-state index contributed by atoms with van der Waals surface area (Å²) in [7, 11) is 0. The van der Waals surface area contributed by atoms with Gasteiger partial charge in [0.2, 0.25) is 0 Å². The minimum atomic E-state index is 0.694. The minimum absolute atomic E-state index is 0.694. The van der Waals surface area contributed by atoms with Crippen LogP contribution in [0, 0.1) is 17.3 Å². The Morgan fingerprint density at radius 3 is 1.50 bits per heavy atom. The van der Waals surface area contributed by atoms with Crippen LogP contribution in [-0.2, 0) is 4.74 Å². The summed E-state index contributed by atoms with van der Waals surface area (Å²) in [5.41, 5.74) is 0.694. The normalized spacial score (nSPS) is 31.3. The SMILES string of the molecule is C1CCC(C2(C3CCCCC3)CCOCC2)CC1. The van der Waals surface area contributed by atoms with Gasteiger partial charge in [0.15, 0.2) is 0 Å². The average Bonchev–Trinajstić information content (AvgIpc) is 2.50. The standard InChI is InChI=1S/C17H30O/c1-3-7-15(8-4-1)17(11-13-18-14-12-17)16-9-5-2-6-10-16/h15-16H,1-14H2. The van der Waals surface area contributed by atoms with Crippen molar-refractivity contribution in [2.24, 2.45) is 17.3 Å². The van der Waals surface area contributed by atoms with Crippen LogP contribution in [0.2, 0.25) is 0 Å². The van der Waals surface area contributed by atoms with Crippen molar-refractivity contribution in [1.29, 1.82) is 0 Å². The van der Waals surface area contributed by atoms with Gasteiger partial charge in [-0.3, -0.25) is 0 Å². The van der Waals surface area contributed by atoms with Crippen LogP contribution in [0.25, 0.3) is 0 Å². The van der Waals surface area contributed by atoms with E-state index in [4.69, 9.17) is 4.74 Å². The van der Waals surface area contributed by atoms with Crippen molar-refractivity contribution in [3.05, 3.63) is 0 Å². The molecule has 0 aromatic rings. The minimum Gasteiger partial charge on any atom is -0.381 e. The van der Waals surface area contributed by atoms with E-state index < -0.39 is 0 Å². The average molecular weight is 250 g/mol. The van der Waals surface area contributed by atoms with E-state index in [1.165, 1.54) is 77.0 Å². The van der Waals surface area contributed by atoms with E-state index in [-0.39, 0.29) is 0 Å². The van der Waals surface area contributed by atoms with Crippen molar-refractivity contribution in [3.8, 4) is 0 Å². The topological polar surface area (TPSA) is 9.23 Å². The largest absolute Gasteiger partial charge is 0.381 e. The van der Waals surface area contributed by atoms with Crippen molar-refractivity contribution in [3.63, 3.8) is 0 Å². The highest BCUT2D eigenvalue weighted by molar-refractivity contribution is 4.95. The highest BCUT2D eigenvalue weighted by atomic mass is 16.5. The van der Waals surface area contributed by atoms with Gasteiger partial charge in [-0.25, -0.2) is 0 Å². The van der Waals surface area contributed by atoms with Gasteiger partial charge < -0.3 is 4.74 Å². The second-order valence-electron chi connectivity index (χ2n) is 7.02. The fourth-order valence-electron chi connectivity index (χ4n) is 5.26. The van der Waals surface area contributed by atoms with Crippen molar-refractivity contribution < 1.29 is 4.74 Å². The Hall–Kier alpha value is -0.0400. The molecular formula is C17H30O. The molecule has 1 nitrogen and oxygen atoms in total. The lowest BCUT2D eigenvalue weighted by molar-refractivity contribution is -0.0746. The summed E-state index contributed by atoms with van der Waals surface area (Å²) < 4.78 is 5.71. The quantitative estimate of drug-likeness (QED) is 0.674. The van der Waals surface area contributed by atoms with E-state index >= 15 is 0 Å². The third-order valence-electron chi connectivity index (χ3n) is 6.26. The summed E-state index contributed by atoms with van der Waals surface area (Å²) in [6, 6.07) is 0. The van der Waals surface area contributed by atoms with Crippen LogP contribution in [0.3, 0.4) is 0 Å². The molecule has 0 bridgehead atoms. The molecule has 0 radical (unpaired) electrons. The molecule has 0 spiro atoms. The summed E-state index contributed by atoms with van der Waals surface area (Å²) >= 11 is 0. The van der Waals surface area contributed by atoms with Crippen LogP contribution in [-0.4, -0.2) is 13.2 Å². The van der Waals surface area contributed by atoms with Gasteiger partial charge in [0.25, 0.3) is 0 Å². The second kappa shape index (κ2) is 5.94. The van der Waals surface area contributed by atoms with Crippen LogP contribution in [0.1, 0.15) is 77.0 Å². The maximum absolute atomic E-state index is 5.71. The van der Waals surface area contributed by atoms with Crippen molar-refractivity contribution in [2.45, 2.75) is 77.0 Å². The molecule has 1 aliphatic heterocycles. The fourth-order valence-corrected chi connectivity index (χ4v) is 5.26. The predicted octanol–water partition coefficient (Wildman–Crippen LogP) is 4.94. The van der Waals surface area contributed by atoms with Gasteiger partial charge >= 0.3 is 0 Å². The summed E-state index contributed by atoms with van der Waals surface area (Å²) in [4.78, 5) is 0. The first-order valence-corrected chi connectivity index (χ1v) is 8.49. The van der Waals surface area contributed by atoms with Crippen molar-refractivity contribution in [1.82, 2.24) is 0 Å². The first kappa shape index (κ1) is 13.0. The lowest BCUT2D eigenvalue weighted by Gasteiger charge is -2.51. The van der Waals surface area contributed by atoms with Crippen LogP contribution in [0.15, 0.2) is 0 Å². The highest BCUT2D eigenvalue weighted by Gasteiger charge is 2.45. The molecule has 2 saturated carbocycles. The monoisotopic (exact) mass is 250 g/mol. The van der Waals surface area contributed by atoms with Gasteiger partial charge in [-0.15, -0.1) is 0 Å². The Bertz CT molecular complexity index is 222. The van der Waals surface area contributed by atoms with Gasteiger partial charge in [0.1, 0.15) is 0 Å². The zero-order chi connectivity index (χ0) is 12.3. The zero-order valence-corrected chi connectivity index (χ0v) is 12.0. The van der Waals surface area contributed by atoms with E-state index in [9.17, 15) is 0 Å². The van der Waals surface area contributed by atoms with Crippen LogP contribution < -0.4 is 0 Å². The molecule has 3 rings (SSSR count). The summed E-state index contributed by atoms with van der Waals surface area (Å²) in [6.45, 7) is 2.10. The third kappa shape index (κ3) is 2.48. The second-order valence-corrected chi connectivity index (χ2v) is 7.02. The molecule has 0 aromatic carbocycles. The predicted molar refractivity (Wildman–Crippen MR) is 75.6 cm³/mol. The molecule has 0 aromatic heterocycles. The maximum Gasteiger partial charge on any atom is 0.0471 e. The zero-order valence-electron chi connectivity index (χ0n) is 12.0. The fraction of sp³-hybridized carbons (Fsp3) is 1.00. The van der Waals surface area contributed by atoms with E-state index in [1.54, 1.807) is 0 Å².